The van der Waals surface area contributed by atoms with Crippen LogP contribution in [0.5, 0.6) is 5.75 Å². The van der Waals surface area contributed by atoms with Gasteiger partial charge in [-0.3, -0.25) is 4.79 Å². The van der Waals surface area contributed by atoms with Gasteiger partial charge in [-0.15, -0.1) is 0 Å². The van der Waals surface area contributed by atoms with Crippen LogP contribution in [0.2, 0.25) is 0 Å². The number of benzene rings is 3. The van der Waals surface area contributed by atoms with Gasteiger partial charge in [0.25, 0.3) is 0 Å². The van der Waals surface area contributed by atoms with Crippen LogP contribution in [0.1, 0.15) is 33.5 Å². The van der Waals surface area contributed by atoms with Gasteiger partial charge in [-0.1, -0.05) is 48.5 Å². The quantitative estimate of drug-likeness (QED) is 0.676. The van der Waals surface area contributed by atoms with Gasteiger partial charge in [0.15, 0.2) is 0 Å². The van der Waals surface area contributed by atoms with Crippen molar-refractivity contribution in [3.8, 4) is 16.9 Å². The average molecular weight is 371 g/mol. The molecular formula is C25H25NO2. The lowest BCUT2D eigenvalue weighted by Gasteiger charge is -2.10. The number of hydrogen-bond acceptors (Lipinski definition) is 2. The lowest BCUT2D eigenvalue weighted by molar-refractivity contribution is 0.100. The predicted molar refractivity (Wildman–Crippen MR) is 113 cm³/mol. The van der Waals surface area contributed by atoms with Crippen molar-refractivity contribution in [1.82, 2.24) is 0 Å². The van der Waals surface area contributed by atoms with Crippen molar-refractivity contribution in [3.63, 3.8) is 0 Å². The van der Waals surface area contributed by atoms with E-state index in [1.165, 1.54) is 23.1 Å². The molecule has 0 fully saturated rings. The molecule has 0 heterocycles. The third-order valence-corrected chi connectivity index (χ3v) is 5.73. The first-order valence-corrected chi connectivity index (χ1v) is 9.78. The highest BCUT2D eigenvalue weighted by atomic mass is 16.5. The van der Waals surface area contributed by atoms with Gasteiger partial charge >= 0.3 is 0 Å². The first kappa shape index (κ1) is 18.3. The summed E-state index contributed by atoms with van der Waals surface area (Å²) in [6, 6.07) is 22.5. The van der Waals surface area contributed by atoms with Gasteiger partial charge in [0.1, 0.15) is 5.75 Å². The smallest absolute Gasteiger partial charge is 0.248 e. The third kappa shape index (κ3) is 3.79. The molecule has 3 aromatic carbocycles. The molecule has 1 unspecified atom stereocenters. The Balaban J connectivity index is 1.39. The molecule has 0 radical (unpaired) electrons. The van der Waals surface area contributed by atoms with Crippen molar-refractivity contribution in [1.29, 1.82) is 0 Å². The first-order chi connectivity index (χ1) is 13.6. The van der Waals surface area contributed by atoms with Crippen molar-refractivity contribution < 1.29 is 9.53 Å². The summed E-state index contributed by atoms with van der Waals surface area (Å²) in [5.41, 5.74) is 12.2. The topological polar surface area (TPSA) is 52.3 Å². The molecule has 142 valence electrons. The second-order valence-corrected chi connectivity index (χ2v) is 7.55. The van der Waals surface area contributed by atoms with E-state index in [0.717, 1.165) is 36.1 Å². The number of hydrogen-bond donors (Lipinski definition) is 1. The second-order valence-electron chi connectivity index (χ2n) is 7.55. The molecule has 0 aromatic heterocycles. The number of methoxy groups -OCH3 is 1. The Morgan fingerprint density at radius 1 is 1.00 bits per heavy atom. The number of rotatable bonds is 6. The molecule has 2 N–H and O–H groups in total. The number of ether oxygens (including phenoxy) is 1. The average Bonchev–Trinajstić information content (AvgIpc) is 3.16. The molecule has 0 saturated heterocycles. The molecule has 0 spiro atoms. The van der Waals surface area contributed by atoms with E-state index in [2.05, 4.69) is 42.5 Å². The Labute approximate surface area is 166 Å². The zero-order valence-electron chi connectivity index (χ0n) is 16.2. The van der Waals surface area contributed by atoms with Crippen molar-refractivity contribution in [3.05, 3.63) is 89.0 Å². The number of carbonyl (C=O) groups excluding carboxylic acids is 1. The molecule has 1 aliphatic carbocycles. The fourth-order valence-electron chi connectivity index (χ4n) is 4.19. The molecule has 0 aliphatic heterocycles. The van der Waals surface area contributed by atoms with Gasteiger partial charge in [-0.25, -0.2) is 0 Å². The van der Waals surface area contributed by atoms with Gasteiger partial charge in [0, 0.05) is 5.56 Å². The van der Waals surface area contributed by atoms with E-state index in [1.54, 1.807) is 13.2 Å². The summed E-state index contributed by atoms with van der Waals surface area (Å²) < 4.78 is 5.52. The Kier molecular flexibility index (Phi) is 5.16. The van der Waals surface area contributed by atoms with Gasteiger partial charge < -0.3 is 10.5 Å². The molecule has 0 saturated carbocycles. The van der Waals surface area contributed by atoms with Crippen LogP contribution >= 0.6 is 0 Å². The molecule has 3 nitrogen and oxygen atoms in total. The van der Waals surface area contributed by atoms with Crippen LogP contribution in [0.25, 0.3) is 11.1 Å². The van der Waals surface area contributed by atoms with Crippen molar-refractivity contribution in [2.24, 2.45) is 11.7 Å². The molecule has 28 heavy (non-hydrogen) atoms. The SMILES string of the molecule is COc1cccc2c1CC(CCc1ccc(-c3cccc(C(N)=O)c3)cc1)C2. The Morgan fingerprint density at radius 3 is 2.54 bits per heavy atom. The number of fused-ring (bicyclic) bond motifs is 1. The Hall–Kier alpha value is -3.07. The van der Waals surface area contributed by atoms with Gasteiger partial charge in [-0.2, -0.15) is 0 Å². The van der Waals surface area contributed by atoms with E-state index in [-0.39, 0.29) is 0 Å². The van der Waals surface area contributed by atoms with Crippen LogP contribution in [0, 0.1) is 5.92 Å². The van der Waals surface area contributed by atoms with Crippen LogP contribution in [-0.4, -0.2) is 13.0 Å². The molecule has 3 aromatic rings. The van der Waals surface area contributed by atoms with E-state index >= 15 is 0 Å². The highest BCUT2D eigenvalue weighted by Gasteiger charge is 2.23. The minimum Gasteiger partial charge on any atom is -0.496 e. The summed E-state index contributed by atoms with van der Waals surface area (Å²) >= 11 is 0. The Morgan fingerprint density at radius 2 is 1.79 bits per heavy atom. The van der Waals surface area contributed by atoms with Crippen LogP contribution in [0.15, 0.2) is 66.7 Å². The zero-order chi connectivity index (χ0) is 19.5. The molecule has 1 amide bonds. The molecule has 1 aliphatic rings. The summed E-state index contributed by atoms with van der Waals surface area (Å²) in [5.74, 6) is 1.31. The summed E-state index contributed by atoms with van der Waals surface area (Å²) in [4.78, 5) is 11.4. The van der Waals surface area contributed by atoms with Crippen LogP contribution in [-0.2, 0) is 19.3 Å². The van der Waals surface area contributed by atoms with Crippen LogP contribution in [0.3, 0.4) is 0 Å². The number of primary amides is 1. The van der Waals surface area contributed by atoms with Crippen molar-refractivity contribution >= 4 is 5.91 Å². The van der Waals surface area contributed by atoms with E-state index in [4.69, 9.17) is 10.5 Å². The number of amides is 1. The highest BCUT2D eigenvalue weighted by Crippen LogP contribution is 2.35. The maximum absolute atomic E-state index is 11.4. The summed E-state index contributed by atoms with van der Waals surface area (Å²) in [6.07, 6.45) is 4.50. The second kappa shape index (κ2) is 7.89. The fourth-order valence-corrected chi connectivity index (χ4v) is 4.19. The lowest BCUT2D eigenvalue weighted by Crippen LogP contribution is -2.10. The van der Waals surface area contributed by atoms with Crippen molar-refractivity contribution in [2.45, 2.75) is 25.7 Å². The summed E-state index contributed by atoms with van der Waals surface area (Å²) in [7, 11) is 1.75. The van der Waals surface area contributed by atoms with E-state index in [0.29, 0.717) is 11.5 Å². The van der Waals surface area contributed by atoms with Crippen molar-refractivity contribution in [2.75, 3.05) is 7.11 Å². The monoisotopic (exact) mass is 371 g/mol. The normalized spacial score (nSPS) is 15.2. The molecular weight excluding hydrogens is 346 g/mol. The minimum atomic E-state index is -0.396. The fraction of sp³-hybridized carbons (Fsp3) is 0.240. The largest absolute Gasteiger partial charge is 0.496 e. The number of aryl methyl sites for hydroxylation is 1. The zero-order valence-corrected chi connectivity index (χ0v) is 16.2. The van der Waals surface area contributed by atoms with E-state index < -0.39 is 5.91 Å². The third-order valence-electron chi connectivity index (χ3n) is 5.73. The molecule has 0 bridgehead atoms. The maximum atomic E-state index is 11.4. The van der Waals surface area contributed by atoms with E-state index in [9.17, 15) is 4.79 Å². The first-order valence-electron chi connectivity index (χ1n) is 9.78. The number of carbonyl (C=O) groups is 1. The number of nitrogens with two attached hydrogens (primary N) is 1. The molecule has 3 heteroatoms. The highest BCUT2D eigenvalue weighted by molar-refractivity contribution is 5.94. The summed E-state index contributed by atoms with van der Waals surface area (Å²) in [5, 5.41) is 0. The van der Waals surface area contributed by atoms with Gasteiger partial charge in [0.2, 0.25) is 5.91 Å². The Bertz CT molecular complexity index is 992. The maximum Gasteiger partial charge on any atom is 0.248 e. The predicted octanol–water partition coefficient (Wildman–Crippen LogP) is 4.81. The molecule has 4 rings (SSSR count). The summed E-state index contributed by atoms with van der Waals surface area (Å²) in [6.45, 7) is 0. The lowest BCUT2D eigenvalue weighted by atomic mass is 9.95. The van der Waals surface area contributed by atoms with Gasteiger partial charge in [0.05, 0.1) is 7.11 Å². The molecule has 1 atom stereocenters. The van der Waals surface area contributed by atoms with Crippen LogP contribution < -0.4 is 10.5 Å². The van der Waals surface area contributed by atoms with Gasteiger partial charge in [-0.05, 0) is 77.6 Å². The van der Waals surface area contributed by atoms with E-state index in [1.807, 2.05) is 18.2 Å². The van der Waals surface area contributed by atoms with Crippen LogP contribution in [0.4, 0.5) is 0 Å². The minimum absolute atomic E-state index is 0.396. The standard InChI is InChI=1S/C25H25NO2/c1-28-24-7-3-5-21-14-18(15-23(21)24)9-8-17-10-12-19(13-11-17)20-4-2-6-22(16-20)25(26)27/h2-7,10-13,16,18H,8-9,14-15H2,1H3,(H2,26,27).